The van der Waals surface area contributed by atoms with Gasteiger partial charge in [0.1, 0.15) is 6.10 Å². The van der Waals surface area contributed by atoms with Crippen molar-refractivity contribution in [1.82, 2.24) is 9.78 Å². The molecule has 0 N–H and O–H groups in total. The Bertz CT molecular complexity index is 408. The van der Waals surface area contributed by atoms with Crippen LogP contribution in [-0.2, 0) is 23.0 Å². The minimum Gasteiger partial charge on any atom is -0.373 e. The Balaban J connectivity index is 1.87. The second-order valence-corrected chi connectivity index (χ2v) is 5.47. The summed E-state index contributed by atoms with van der Waals surface area (Å²) in [7, 11) is 3.58. The Kier molecular flexibility index (Phi) is 5.14. The van der Waals surface area contributed by atoms with Crippen LogP contribution in [0.15, 0.2) is 12.3 Å². The number of aromatic nitrogens is 2. The van der Waals surface area contributed by atoms with Crippen LogP contribution < -0.4 is 0 Å². The lowest BCUT2D eigenvalue weighted by Gasteiger charge is -2.28. The predicted octanol–water partition coefficient (Wildman–Crippen LogP) is 2.52. The van der Waals surface area contributed by atoms with Gasteiger partial charge in [-0.3, -0.25) is 9.48 Å². The molecule has 1 atom stereocenters. The van der Waals surface area contributed by atoms with Gasteiger partial charge in [0.2, 0.25) is 0 Å². The normalized spacial score (nSPS) is 18.4. The Labute approximate surface area is 115 Å². The molecule has 1 aromatic rings. The third kappa shape index (κ3) is 3.66. The van der Waals surface area contributed by atoms with Gasteiger partial charge in [0.25, 0.3) is 0 Å². The molecule has 19 heavy (non-hydrogen) atoms. The number of nitrogens with zero attached hydrogens (tertiary/aromatic N) is 2. The van der Waals surface area contributed by atoms with Crippen molar-refractivity contribution < 1.29 is 9.53 Å². The van der Waals surface area contributed by atoms with Crippen LogP contribution in [0, 0.1) is 5.92 Å². The van der Waals surface area contributed by atoms with Crippen molar-refractivity contribution in [2.24, 2.45) is 13.0 Å². The van der Waals surface area contributed by atoms with Gasteiger partial charge in [-0.1, -0.05) is 19.3 Å². The largest absolute Gasteiger partial charge is 0.373 e. The Hall–Kier alpha value is -1.16. The molecule has 1 fully saturated rings. The van der Waals surface area contributed by atoms with Crippen LogP contribution in [0.25, 0.3) is 0 Å². The first kappa shape index (κ1) is 14.3. The molecule has 4 nitrogen and oxygen atoms in total. The summed E-state index contributed by atoms with van der Waals surface area (Å²) in [5.41, 5.74) is 1.10. The minimum absolute atomic E-state index is 0.200. The van der Waals surface area contributed by atoms with E-state index in [0.717, 1.165) is 25.0 Å². The molecule has 0 spiro atoms. The number of ether oxygens (including phenoxy) is 1. The van der Waals surface area contributed by atoms with Gasteiger partial charge < -0.3 is 4.74 Å². The number of ketones is 1. The first-order chi connectivity index (χ1) is 9.22. The van der Waals surface area contributed by atoms with E-state index in [9.17, 15) is 4.79 Å². The van der Waals surface area contributed by atoms with E-state index in [4.69, 9.17) is 4.74 Å². The fraction of sp³-hybridized carbons (Fsp3) is 0.733. The van der Waals surface area contributed by atoms with E-state index < -0.39 is 0 Å². The maximum Gasteiger partial charge on any atom is 0.162 e. The highest BCUT2D eigenvalue weighted by molar-refractivity contribution is 5.83. The van der Waals surface area contributed by atoms with E-state index in [-0.39, 0.29) is 11.9 Å². The molecule has 0 saturated heterocycles. The number of hydrogen-bond acceptors (Lipinski definition) is 3. The second kappa shape index (κ2) is 6.85. The highest BCUT2D eigenvalue weighted by Gasteiger charge is 2.28. The molecule has 106 valence electrons. The van der Waals surface area contributed by atoms with E-state index in [1.54, 1.807) is 13.3 Å². The maximum atomic E-state index is 12.3. The van der Waals surface area contributed by atoms with Crippen LogP contribution in [-0.4, -0.2) is 28.8 Å². The van der Waals surface area contributed by atoms with Crippen LogP contribution in [0.3, 0.4) is 0 Å². The van der Waals surface area contributed by atoms with Crippen molar-refractivity contribution in [2.75, 3.05) is 7.11 Å². The van der Waals surface area contributed by atoms with E-state index in [2.05, 4.69) is 5.10 Å². The van der Waals surface area contributed by atoms with Crippen molar-refractivity contribution in [3.8, 4) is 0 Å². The molecule has 1 unspecified atom stereocenters. The highest BCUT2D eigenvalue weighted by atomic mass is 16.5. The molecule has 0 radical (unpaired) electrons. The number of Topliss-reactive ketones (excluding diaryl/α,β-unsaturated/α-hetero) is 1. The average molecular weight is 264 g/mol. The Morgan fingerprint density at radius 1 is 1.47 bits per heavy atom. The van der Waals surface area contributed by atoms with E-state index in [1.807, 2.05) is 17.8 Å². The summed E-state index contributed by atoms with van der Waals surface area (Å²) in [6, 6.07) is 1.97. The molecule has 4 heteroatoms. The zero-order valence-corrected chi connectivity index (χ0v) is 12.0. The second-order valence-electron chi connectivity index (χ2n) is 5.47. The Morgan fingerprint density at radius 2 is 2.21 bits per heavy atom. The fourth-order valence-electron chi connectivity index (χ4n) is 3.06. The monoisotopic (exact) mass is 264 g/mol. The fourth-order valence-corrected chi connectivity index (χ4v) is 3.06. The summed E-state index contributed by atoms with van der Waals surface area (Å²) in [6.45, 7) is 0. The van der Waals surface area contributed by atoms with Crippen molar-refractivity contribution in [2.45, 2.75) is 51.0 Å². The summed E-state index contributed by atoms with van der Waals surface area (Å²) >= 11 is 0. The van der Waals surface area contributed by atoms with E-state index in [0.29, 0.717) is 12.3 Å². The van der Waals surface area contributed by atoms with Crippen LogP contribution in [0.1, 0.15) is 44.2 Å². The summed E-state index contributed by atoms with van der Waals surface area (Å²) < 4.78 is 7.31. The van der Waals surface area contributed by atoms with Crippen molar-refractivity contribution in [3.05, 3.63) is 18.0 Å². The number of hydrogen-bond donors (Lipinski definition) is 0. The number of carbonyl (C=O) groups is 1. The van der Waals surface area contributed by atoms with Gasteiger partial charge in [-0.15, -0.1) is 0 Å². The molecule has 0 aromatic carbocycles. The van der Waals surface area contributed by atoms with Gasteiger partial charge in [0.05, 0.1) is 0 Å². The van der Waals surface area contributed by atoms with Crippen molar-refractivity contribution in [3.63, 3.8) is 0 Å². The molecule has 2 rings (SSSR count). The van der Waals surface area contributed by atoms with Crippen LogP contribution in [0.2, 0.25) is 0 Å². The quantitative estimate of drug-likeness (QED) is 0.793. The zero-order valence-electron chi connectivity index (χ0n) is 12.0. The number of aryl methyl sites for hydroxylation is 2. The zero-order chi connectivity index (χ0) is 13.7. The third-order valence-corrected chi connectivity index (χ3v) is 4.20. The standard InChI is InChI=1S/C15H24N2O2/c1-17-13(10-11-16-17)8-9-14(18)15(19-2)12-6-4-3-5-7-12/h10-12,15H,3-9H2,1-2H3. The lowest BCUT2D eigenvalue weighted by atomic mass is 9.83. The van der Waals surface area contributed by atoms with Crippen molar-refractivity contribution >= 4 is 5.78 Å². The van der Waals surface area contributed by atoms with Gasteiger partial charge >= 0.3 is 0 Å². The third-order valence-electron chi connectivity index (χ3n) is 4.20. The molecule has 0 amide bonds. The maximum absolute atomic E-state index is 12.3. The Morgan fingerprint density at radius 3 is 2.79 bits per heavy atom. The first-order valence-electron chi connectivity index (χ1n) is 7.24. The minimum atomic E-state index is -0.200. The van der Waals surface area contributed by atoms with Crippen LogP contribution in [0.5, 0.6) is 0 Å². The number of carbonyl (C=O) groups excluding carboxylic acids is 1. The smallest absolute Gasteiger partial charge is 0.162 e. The topological polar surface area (TPSA) is 44.1 Å². The summed E-state index contributed by atoms with van der Waals surface area (Å²) in [4.78, 5) is 12.3. The predicted molar refractivity (Wildman–Crippen MR) is 73.9 cm³/mol. The lowest BCUT2D eigenvalue weighted by Crippen LogP contribution is -2.33. The number of methoxy groups -OCH3 is 1. The summed E-state index contributed by atoms with van der Waals surface area (Å²) in [5.74, 6) is 0.674. The molecule has 0 bridgehead atoms. The molecular formula is C15H24N2O2. The summed E-state index contributed by atoms with van der Waals surface area (Å²) in [6.07, 6.45) is 8.92. The summed E-state index contributed by atoms with van der Waals surface area (Å²) in [5, 5.41) is 4.12. The molecule has 1 aliphatic rings. The van der Waals surface area contributed by atoms with Crippen molar-refractivity contribution in [1.29, 1.82) is 0 Å². The van der Waals surface area contributed by atoms with E-state index in [1.165, 1.54) is 19.3 Å². The molecule has 0 aliphatic heterocycles. The van der Waals surface area contributed by atoms with Gasteiger partial charge in [-0.05, 0) is 31.2 Å². The first-order valence-corrected chi connectivity index (χ1v) is 7.24. The van der Waals surface area contributed by atoms with Crippen LogP contribution in [0.4, 0.5) is 0 Å². The molecule has 1 aromatic heterocycles. The number of rotatable bonds is 6. The lowest BCUT2D eigenvalue weighted by molar-refractivity contribution is -0.132. The van der Waals surface area contributed by atoms with Crippen LogP contribution >= 0.6 is 0 Å². The van der Waals surface area contributed by atoms with Gasteiger partial charge in [0.15, 0.2) is 5.78 Å². The molecule has 1 saturated carbocycles. The van der Waals surface area contributed by atoms with Gasteiger partial charge in [-0.25, -0.2) is 0 Å². The SMILES string of the molecule is COC(C(=O)CCc1ccnn1C)C1CCCCC1. The molecular weight excluding hydrogens is 240 g/mol. The van der Waals surface area contributed by atoms with Gasteiger partial charge in [0, 0.05) is 32.5 Å². The average Bonchev–Trinajstić information content (AvgIpc) is 2.84. The highest BCUT2D eigenvalue weighted by Crippen LogP contribution is 2.28. The molecule has 1 heterocycles. The van der Waals surface area contributed by atoms with E-state index >= 15 is 0 Å². The molecule has 1 aliphatic carbocycles. The van der Waals surface area contributed by atoms with Gasteiger partial charge in [-0.2, -0.15) is 5.10 Å².